The van der Waals surface area contributed by atoms with E-state index in [1.165, 1.54) is 7.11 Å². The van der Waals surface area contributed by atoms with Crippen molar-refractivity contribution in [1.82, 2.24) is 0 Å². The average Bonchev–Trinajstić information content (AvgIpc) is 2.38. The van der Waals surface area contributed by atoms with Crippen LogP contribution >= 0.6 is 0 Å². The topological polar surface area (TPSA) is 98.9 Å². The fraction of sp³-hybridized carbons (Fsp3) is 0.462. The molecule has 0 aliphatic rings. The Bertz CT molecular complexity index is 514. The number of carboxylic acids is 1. The lowest BCUT2D eigenvalue weighted by atomic mass is 10.1. The molecule has 0 fully saturated rings. The van der Waals surface area contributed by atoms with E-state index in [0.717, 1.165) is 25.0 Å². The predicted molar refractivity (Wildman–Crippen MR) is 71.6 cm³/mol. The lowest BCUT2D eigenvalue weighted by Crippen LogP contribution is -2.13. The maximum Gasteiger partial charge on any atom is 0.342 e. The molecule has 1 aromatic rings. The van der Waals surface area contributed by atoms with Crippen LogP contribution in [-0.2, 0) is 0 Å². The highest BCUT2D eigenvalue weighted by molar-refractivity contribution is 5.93. The fourth-order valence-electron chi connectivity index (χ4n) is 1.81. The minimum absolute atomic E-state index is 0.149. The predicted octanol–water partition coefficient (Wildman–Crippen LogP) is 2.87. The van der Waals surface area contributed by atoms with Crippen LogP contribution < -0.4 is 9.47 Å². The molecular weight excluding hydrogens is 266 g/mol. The molecule has 0 bridgehead atoms. The molecule has 0 heterocycles. The lowest BCUT2D eigenvalue weighted by molar-refractivity contribution is -0.385. The third kappa shape index (κ3) is 3.59. The molecule has 0 amide bonds. The largest absolute Gasteiger partial charge is 0.493 e. The van der Waals surface area contributed by atoms with Gasteiger partial charge >= 0.3 is 5.97 Å². The second-order valence-corrected chi connectivity index (χ2v) is 4.30. The summed E-state index contributed by atoms with van der Waals surface area (Å²) in [5.74, 6) is -1.05. The molecule has 1 atom stereocenters. The molecule has 0 saturated carbocycles. The van der Waals surface area contributed by atoms with Crippen LogP contribution in [0.4, 0.5) is 5.69 Å². The maximum absolute atomic E-state index is 11.0. The number of rotatable bonds is 7. The van der Waals surface area contributed by atoms with Crippen molar-refractivity contribution >= 4 is 11.7 Å². The highest BCUT2D eigenvalue weighted by Gasteiger charge is 2.24. The Morgan fingerprint density at radius 2 is 2.10 bits per heavy atom. The number of aromatic carboxylic acids is 1. The molecule has 0 spiro atoms. The smallest absolute Gasteiger partial charge is 0.342 e. The first-order valence-corrected chi connectivity index (χ1v) is 6.17. The van der Waals surface area contributed by atoms with Crippen LogP contribution in [0.1, 0.15) is 37.0 Å². The van der Waals surface area contributed by atoms with Gasteiger partial charge in [0.25, 0.3) is 5.69 Å². The number of ether oxygens (including phenoxy) is 2. The van der Waals surface area contributed by atoms with Crippen LogP contribution in [0, 0.1) is 10.1 Å². The van der Waals surface area contributed by atoms with Crippen molar-refractivity contribution in [2.75, 3.05) is 7.11 Å². The average molecular weight is 283 g/mol. The molecule has 0 aromatic heterocycles. The number of nitro benzene ring substituents is 1. The fourth-order valence-corrected chi connectivity index (χ4v) is 1.81. The zero-order chi connectivity index (χ0) is 15.3. The third-order valence-electron chi connectivity index (χ3n) is 2.73. The Balaban J connectivity index is 3.26. The molecule has 1 rings (SSSR count). The molecule has 7 heteroatoms. The summed E-state index contributed by atoms with van der Waals surface area (Å²) in [5, 5.41) is 19.9. The van der Waals surface area contributed by atoms with Crippen LogP contribution in [0.5, 0.6) is 11.5 Å². The molecular formula is C13H17NO6. The normalized spacial score (nSPS) is 11.8. The van der Waals surface area contributed by atoms with E-state index >= 15 is 0 Å². The zero-order valence-electron chi connectivity index (χ0n) is 11.6. The number of carbonyl (C=O) groups is 1. The van der Waals surface area contributed by atoms with Crippen LogP contribution in [-0.4, -0.2) is 29.2 Å². The van der Waals surface area contributed by atoms with Gasteiger partial charge in [0.05, 0.1) is 24.2 Å². The van der Waals surface area contributed by atoms with Crippen molar-refractivity contribution in [3.05, 3.63) is 27.8 Å². The van der Waals surface area contributed by atoms with Gasteiger partial charge in [0, 0.05) is 6.07 Å². The van der Waals surface area contributed by atoms with Crippen molar-refractivity contribution in [1.29, 1.82) is 0 Å². The molecule has 1 aromatic carbocycles. The Kier molecular flexibility index (Phi) is 5.31. The van der Waals surface area contributed by atoms with Crippen molar-refractivity contribution in [2.45, 2.75) is 32.8 Å². The number of nitro groups is 1. The van der Waals surface area contributed by atoms with Gasteiger partial charge in [-0.05, 0) is 13.3 Å². The summed E-state index contributed by atoms with van der Waals surface area (Å²) in [6.07, 6.45) is 1.53. The maximum atomic E-state index is 11.0. The number of hydrogen-bond donors (Lipinski definition) is 1. The van der Waals surface area contributed by atoms with E-state index in [0.29, 0.717) is 0 Å². The van der Waals surface area contributed by atoms with Gasteiger partial charge in [-0.25, -0.2) is 4.79 Å². The molecule has 110 valence electrons. The first-order chi connectivity index (χ1) is 9.40. The Hall–Kier alpha value is -2.31. The van der Waals surface area contributed by atoms with Gasteiger partial charge in [-0.15, -0.1) is 0 Å². The van der Waals surface area contributed by atoms with Gasteiger partial charge in [0.2, 0.25) is 0 Å². The first kappa shape index (κ1) is 15.7. The van der Waals surface area contributed by atoms with E-state index in [4.69, 9.17) is 14.6 Å². The number of nitrogens with zero attached hydrogens (tertiary/aromatic N) is 1. The highest BCUT2D eigenvalue weighted by Crippen LogP contribution is 2.35. The van der Waals surface area contributed by atoms with E-state index in [1.807, 2.05) is 13.8 Å². The van der Waals surface area contributed by atoms with Crippen molar-refractivity contribution in [3.63, 3.8) is 0 Å². The molecule has 1 N–H and O–H groups in total. The highest BCUT2D eigenvalue weighted by atomic mass is 16.6. The molecule has 0 saturated heterocycles. The Morgan fingerprint density at radius 1 is 1.45 bits per heavy atom. The van der Waals surface area contributed by atoms with Crippen molar-refractivity contribution in [3.8, 4) is 11.5 Å². The minimum Gasteiger partial charge on any atom is -0.493 e. The van der Waals surface area contributed by atoms with E-state index in [-0.39, 0.29) is 17.6 Å². The van der Waals surface area contributed by atoms with Crippen molar-refractivity contribution < 1.29 is 24.3 Å². The van der Waals surface area contributed by atoms with Gasteiger partial charge in [-0.3, -0.25) is 10.1 Å². The number of carboxylic acid groups (broad SMARTS) is 1. The van der Waals surface area contributed by atoms with Gasteiger partial charge in [-0.2, -0.15) is 0 Å². The Labute approximate surface area is 116 Å². The summed E-state index contributed by atoms with van der Waals surface area (Å²) in [7, 11) is 1.35. The van der Waals surface area contributed by atoms with Crippen molar-refractivity contribution in [2.24, 2.45) is 0 Å². The quantitative estimate of drug-likeness (QED) is 0.610. The van der Waals surface area contributed by atoms with Crippen LogP contribution in [0.3, 0.4) is 0 Å². The van der Waals surface area contributed by atoms with E-state index in [2.05, 4.69) is 0 Å². The Morgan fingerprint density at radius 3 is 2.55 bits per heavy atom. The lowest BCUT2D eigenvalue weighted by Gasteiger charge is -2.16. The van der Waals surface area contributed by atoms with Crippen LogP contribution in [0.2, 0.25) is 0 Å². The van der Waals surface area contributed by atoms with E-state index in [1.54, 1.807) is 0 Å². The summed E-state index contributed by atoms with van der Waals surface area (Å²) in [4.78, 5) is 21.2. The first-order valence-electron chi connectivity index (χ1n) is 6.17. The monoisotopic (exact) mass is 283 g/mol. The summed E-state index contributed by atoms with van der Waals surface area (Å²) < 4.78 is 10.6. The van der Waals surface area contributed by atoms with E-state index < -0.39 is 22.1 Å². The van der Waals surface area contributed by atoms with Crippen LogP contribution in [0.15, 0.2) is 12.1 Å². The second kappa shape index (κ2) is 6.74. The molecule has 7 nitrogen and oxygen atoms in total. The summed E-state index contributed by atoms with van der Waals surface area (Å²) in [6.45, 7) is 3.83. The second-order valence-electron chi connectivity index (χ2n) is 4.30. The number of benzene rings is 1. The number of methoxy groups -OCH3 is 1. The zero-order valence-corrected chi connectivity index (χ0v) is 11.6. The molecule has 20 heavy (non-hydrogen) atoms. The molecule has 0 aliphatic heterocycles. The van der Waals surface area contributed by atoms with Gasteiger partial charge in [0.15, 0.2) is 11.5 Å². The third-order valence-corrected chi connectivity index (χ3v) is 2.73. The minimum atomic E-state index is -1.39. The van der Waals surface area contributed by atoms with E-state index in [9.17, 15) is 14.9 Å². The summed E-state index contributed by atoms with van der Waals surface area (Å²) >= 11 is 0. The van der Waals surface area contributed by atoms with Crippen LogP contribution in [0.25, 0.3) is 0 Å². The van der Waals surface area contributed by atoms with Gasteiger partial charge in [0.1, 0.15) is 5.56 Å². The molecule has 0 radical (unpaired) electrons. The molecule has 1 unspecified atom stereocenters. The number of hydrogen-bond acceptors (Lipinski definition) is 5. The SMILES string of the molecule is CCCC(C)Oc1cc([N+](=O)[O-])c(C(=O)O)cc1OC. The molecule has 0 aliphatic carbocycles. The standard InChI is InChI=1S/C13H17NO6/c1-4-5-8(2)20-12-7-10(14(17)18)9(13(15)16)6-11(12)19-3/h6-8H,4-5H2,1-3H3,(H,15,16). The summed E-state index contributed by atoms with van der Waals surface area (Å²) in [5.41, 5.74) is -0.945. The van der Waals surface area contributed by atoms with Gasteiger partial charge < -0.3 is 14.6 Å². The van der Waals surface area contributed by atoms with Gasteiger partial charge in [-0.1, -0.05) is 13.3 Å². The summed E-state index contributed by atoms with van der Waals surface area (Å²) in [6, 6.07) is 2.20.